The molecular weight excluding hydrogens is 602 g/mol. The van der Waals surface area contributed by atoms with E-state index in [1.54, 1.807) is 60.9 Å². The summed E-state index contributed by atoms with van der Waals surface area (Å²) in [6.45, 7) is 1.51. The number of anilines is 1. The zero-order valence-electron chi connectivity index (χ0n) is 26.7. The molecular formula is C40H39N3O5. The summed E-state index contributed by atoms with van der Waals surface area (Å²) in [6, 6.07) is 36.1. The fraction of sp³-hybridized carbons (Fsp3) is 0.200. The number of aryl methyl sites for hydroxylation is 1. The predicted octanol–water partition coefficient (Wildman–Crippen LogP) is 6.85. The van der Waals surface area contributed by atoms with E-state index in [-0.39, 0.29) is 18.1 Å². The lowest BCUT2D eigenvalue weighted by atomic mass is 10.00. The number of nitrogens with zero attached hydrogens (tertiary/aromatic N) is 2. The summed E-state index contributed by atoms with van der Waals surface area (Å²) in [4.78, 5) is 44.6. The van der Waals surface area contributed by atoms with Crippen LogP contribution in [-0.4, -0.2) is 51.8 Å². The highest BCUT2D eigenvalue weighted by Crippen LogP contribution is 2.22. The summed E-state index contributed by atoms with van der Waals surface area (Å²) in [6.07, 6.45) is 5.42. The third-order valence-corrected chi connectivity index (χ3v) is 7.96. The molecule has 0 bridgehead atoms. The Hall–Kier alpha value is -5.76. The van der Waals surface area contributed by atoms with Crippen LogP contribution in [0.3, 0.4) is 0 Å². The molecule has 5 rings (SSSR count). The molecule has 4 aromatic carbocycles. The van der Waals surface area contributed by atoms with Crippen molar-refractivity contribution in [3.05, 3.63) is 162 Å². The number of ether oxygens (including phenoxy) is 1. The minimum atomic E-state index is -1.02. The van der Waals surface area contributed by atoms with E-state index in [0.717, 1.165) is 16.7 Å². The number of aliphatic carboxylic acids is 1. The molecule has 1 heterocycles. The highest BCUT2D eigenvalue weighted by atomic mass is 16.5. The molecule has 8 heteroatoms. The van der Waals surface area contributed by atoms with Gasteiger partial charge in [-0.3, -0.25) is 14.6 Å². The van der Waals surface area contributed by atoms with Crippen LogP contribution in [0.15, 0.2) is 134 Å². The predicted molar refractivity (Wildman–Crippen MR) is 186 cm³/mol. The number of ketones is 1. The zero-order chi connectivity index (χ0) is 33.6. The minimum absolute atomic E-state index is 0.0840. The molecule has 1 aromatic heterocycles. The van der Waals surface area contributed by atoms with E-state index < -0.39 is 12.0 Å². The van der Waals surface area contributed by atoms with Gasteiger partial charge in [0, 0.05) is 55.1 Å². The van der Waals surface area contributed by atoms with E-state index in [4.69, 9.17) is 4.74 Å². The molecule has 0 unspecified atom stereocenters. The summed E-state index contributed by atoms with van der Waals surface area (Å²) in [5.41, 5.74) is 4.33. The SMILES string of the molecule is O=C(c1ccccc1)c1ccccc1N[C@@H](Cc1ccc(OCCCN(Cc2ccccc2)C(=O)CCc2cccnc2)cc1)C(=O)O. The number of nitrogens with one attached hydrogen (secondary N) is 1. The second-order valence-corrected chi connectivity index (χ2v) is 11.5. The molecule has 2 N–H and O–H groups in total. The van der Waals surface area contributed by atoms with Crippen LogP contribution in [-0.2, 0) is 29.0 Å². The molecule has 0 radical (unpaired) electrons. The number of hydrogen-bond donors (Lipinski definition) is 2. The van der Waals surface area contributed by atoms with Crippen molar-refractivity contribution in [2.75, 3.05) is 18.5 Å². The monoisotopic (exact) mass is 641 g/mol. The topological polar surface area (TPSA) is 109 Å². The largest absolute Gasteiger partial charge is 0.494 e. The van der Waals surface area contributed by atoms with Gasteiger partial charge in [0.05, 0.1) is 6.61 Å². The maximum Gasteiger partial charge on any atom is 0.326 e. The molecule has 0 aliphatic heterocycles. The fourth-order valence-corrected chi connectivity index (χ4v) is 5.39. The molecule has 0 aliphatic rings. The summed E-state index contributed by atoms with van der Waals surface area (Å²) < 4.78 is 5.99. The third kappa shape index (κ3) is 9.87. The van der Waals surface area contributed by atoms with E-state index in [1.165, 1.54) is 0 Å². The van der Waals surface area contributed by atoms with Crippen LogP contribution >= 0.6 is 0 Å². The van der Waals surface area contributed by atoms with E-state index in [0.29, 0.717) is 61.5 Å². The Morgan fingerprint density at radius 1 is 0.771 bits per heavy atom. The molecule has 8 nitrogen and oxygen atoms in total. The Labute approximate surface area is 281 Å². The van der Waals surface area contributed by atoms with Crippen LogP contribution in [0.4, 0.5) is 5.69 Å². The minimum Gasteiger partial charge on any atom is -0.494 e. The smallest absolute Gasteiger partial charge is 0.326 e. The van der Waals surface area contributed by atoms with Gasteiger partial charge in [-0.2, -0.15) is 0 Å². The van der Waals surface area contributed by atoms with Crippen molar-refractivity contribution in [2.45, 2.75) is 38.3 Å². The highest BCUT2D eigenvalue weighted by Gasteiger charge is 2.21. The van der Waals surface area contributed by atoms with Gasteiger partial charge in [0.2, 0.25) is 5.91 Å². The van der Waals surface area contributed by atoms with Crippen molar-refractivity contribution < 1.29 is 24.2 Å². The molecule has 244 valence electrons. The molecule has 1 amide bonds. The van der Waals surface area contributed by atoms with Gasteiger partial charge >= 0.3 is 5.97 Å². The third-order valence-electron chi connectivity index (χ3n) is 7.96. The van der Waals surface area contributed by atoms with Crippen LogP contribution in [0.25, 0.3) is 0 Å². The second-order valence-electron chi connectivity index (χ2n) is 11.5. The van der Waals surface area contributed by atoms with E-state index in [9.17, 15) is 19.5 Å². The molecule has 5 aromatic rings. The van der Waals surface area contributed by atoms with E-state index in [2.05, 4.69) is 10.3 Å². The van der Waals surface area contributed by atoms with Crippen LogP contribution in [0, 0.1) is 0 Å². The number of carboxylic acid groups (broad SMARTS) is 1. The quantitative estimate of drug-likeness (QED) is 0.0845. The van der Waals surface area contributed by atoms with Crippen molar-refractivity contribution >= 4 is 23.3 Å². The number of rotatable bonds is 17. The van der Waals surface area contributed by atoms with E-state index in [1.807, 2.05) is 77.7 Å². The number of pyridine rings is 1. The Morgan fingerprint density at radius 2 is 1.46 bits per heavy atom. The number of amides is 1. The first-order valence-corrected chi connectivity index (χ1v) is 16.1. The van der Waals surface area contributed by atoms with Crippen molar-refractivity contribution in [2.24, 2.45) is 0 Å². The normalized spacial score (nSPS) is 11.3. The average Bonchev–Trinajstić information content (AvgIpc) is 3.13. The number of carbonyl (C=O) groups is 3. The lowest BCUT2D eigenvalue weighted by molar-refractivity contribution is -0.138. The van der Waals surface area contributed by atoms with Gasteiger partial charge < -0.3 is 20.1 Å². The first-order valence-electron chi connectivity index (χ1n) is 16.1. The highest BCUT2D eigenvalue weighted by molar-refractivity contribution is 6.12. The number of benzene rings is 4. The number of para-hydroxylation sites is 1. The molecule has 1 atom stereocenters. The van der Waals surface area contributed by atoms with Gasteiger partial charge in [-0.15, -0.1) is 0 Å². The fourth-order valence-electron chi connectivity index (χ4n) is 5.39. The zero-order valence-corrected chi connectivity index (χ0v) is 26.7. The Balaban J connectivity index is 1.14. The van der Waals surface area contributed by atoms with Crippen molar-refractivity contribution in [1.29, 1.82) is 0 Å². The summed E-state index contributed by atoms with van der Waals surface area (Å²) >= 11 is 0. The van der Waals surface area contributed by atoms with Crippen LogP contribution < -0.4 is 10.1 Å². The van der Waals surface area contributed by atoms with Gasteiger partial charge in [0.15, 0.2) is 5.78 Å². The van der Waals surface area contributed by atoms with Gasteiger partial charge in [-0.1, -0.05) is 91.0 Å². The number of hydrogen-bond acceptors (Lipinski definition) is 6. The van der Waals surface area contributed by atoms with Crippen molar-refractivity contribution in [1.82, 2.24) is 9.88 Å². The van der Waals surface area contributed by atoms with Gasteiger partial charge in [0.1, 0.15) is 11.8 Å². The molecule has 0 saturated carbocycles. The van der Waals surface area contributed by atoms with Crippen LogP contribution in [0.5, 0.6) is 5.75 Å². The number of carboxylic acids is 1. The Morgan fingerprint density at radius 3 is 2.17 bits per heavy atom. The first kappa shape index (κ1) is 33.6. The Kier molecular flexibility index (Phi) is 12.1. The van der Waals surface area contributed by atoms with Gasteiger partial charge in [0.25, 0.3) is 0 Å². The van der Waals surface area contributed by atoms with Crippen molar-refractivity contribution in [3.63, 3.8) is 0 Å². The number of carbonyl (C=O) groups excluding carboxylic acids is 2. The van der Waals surface area contributed by atoms with Crippen LogP contribution in [0.1, 0.15) is 45.5 Å². The average molecular weight is 642 g/mol. The van der Waals surface area contributed by atoms with E-state index >= 15 is 0 Å². The molecule has 0 spiro atoms. The first-order chi connectivity index (χ1) is 23.5. The van der Waals surface area contributed by atoms with Gasteiger partial charge in [-0.25, -0.2) is 4.79 Å². The number of aromatic nitrogens is 1. The van der Waals surface area contributed by atoms with Gasteiger partial charge in [-0.05, 0) is 59.9 Å². The summed E-state index contributed by atoms with van der Waals surface area (Å²) in [7, 11) is 0. The molecule has 0 saturated heterocycles. The molecule has 0 aliphatic carbocycles. The molecule has 0 fully saturated rings. The summed E-state index contributed by atoms with van der Waals surface area (Å²) in [5.74, 6) is -0.454. The Bertz CT molecular complexity index is 1760. The maximum absolute atomic E-state index is 13.2. The van der Waals surface area contributed by atoms with Crippen LogP contribution in [0.2, 0.25) is 0 Å². The standard InChI is InChI=1S/C40H39N3O5/c44-38(23-20-31-13-9-24-41-28-31)43(29-32-11-3-1-4-12-32)25-10-26-48-34-21-18-30(19-22-34)27-37(40(46)47)42-36-17-8-7-16-35(36)39(45)33-14-5-2-6-15-33/h1-9,11-19,21-22,24,28,37,42H,10,20,23,25-27,29H2,(H,46,47)/t37-/m0/s1. The summed E-state index contributed by atoms with van der Waals surface area (Å²) in [5, 5.41) is 13.1. The van der Waals surface area contributed by atoms with Crippen molar-refractivity contribution in [3.8, 4) is 5.75 Å². The second kappa shape index (κ2) is 17.2. The maximum atomic E-state index is 13.2. The lowest BCUT2D eigenvalue weighted by Crippen LogP contribution is -2.32. The molecule has 48 heavy (non-hydrogen) atoms. The lowest BCUT2D eigenvalue weighted by Gasteiger charge is -2.23.